The molecule has 1 saturated heterocycles. The smallest absolute Gasteiger partial charge is 0.475 e. The highest BCUT2D eigenvalue weighted by atomic mass is 19.4. The molecule has 33 heavy (non-hydrogen) atoms. The molecular formula is C20H29F6N3O4. The second-order valence-corrected chi connectivity index (χ2v) is 7.67. The Morgan fingerprint density at radius 3 is 1.88 bits per heavy atom. The zero-order valence-electron chi connectivity index (χ0n) is 18.5. The number of likely N-dealkylation sites (N-methyl/N-ethyl adjacent to an activating group) is 1. The average Bonchev–Trinajstić information content (AvgIpc) is 2.69. The van der Waals surface area contributed by atoms with E-state index in [1.165, 1.54) is 44.6 Å². The second kappa shape index (κ2) is 14.0. The third-order valence-corrected chi connectivity index (χ3v) is 4.65. The zero-order chi connectivity index (χ0) is 25.8. The van der Waals surface area contributed by atoms with Crippen LogP contribution in [0.4, 0.5) is 26.3 Å². The summed E-state index contributed by atoms with van der Waals surface area (Å²) >= 11 is 0. The first-order valence-electron chi connectivity index (χ1n) is 9.97. The van der Waals surface area contributed by atoms with Crippen molar-refractivity contribution < 1.29 is 46.1 Å². The minimum Gasteiger partial charge on any atom is -0.475 e. The van der Waals surface area contributed by atoms with Gasteiger partial charge in [-0.15, -0.1) is 0 Å². The number of hydrogen-bond acceptors (Lipinski definition) is 5. The third kappa shape index (κ3) is 13.7. The predicted octanol–water partition coefficient (Wildman–Crippen LogP) is 3.55. The molecule has 1 fully saturated rings. The van der Waals surface area contributed by atoms with Gasteiger partial charge in [-0.1, -0.05) is 13.8 Å². The van der Waals surface area contributed by atoms with Crippen molar-refractivity contribution in [2.24, 2.45) is 5.92 Å². The number of aryl methyl sites for hydroxylation is 1. The summed E-state index contributed by atoms with van der Waals surface area (Å²) in [4.78, 5) is 27.0. The summed E-state index contributed by atoms with van der Waals surface area (Å²) in [5.74, 6) is -4.77. The Morgan fingerprint density at radius 2 is 1.48 bits per heavy atom. The summed E-state index contributed by atoms with van der Waals surface area (Å²) in [5.41, 5.74) is 1.41. The van der Waals surface area contributed by atoms with Crippen LogP contribution in [0.25, 0.3) is 0 Å². The van der Waals surface area contributed by atoms with Crippen molar-refractivity contribution in [2.75, 3.05) is 33.2 Å². The number of aromatic nitrogens is 1. The number of pyridine rings is 1. The van der Waals surface area contributed by atoms with E-state index >= 15 is 0 Å². The lowest BCUT2D eigenvalue weighted by molar-refractivity contribution is -0.193. The van der Waals surface area contributed by atoms with Crippen LogP contribution in [-0.2, 0) is 16.0 Å². The number of piperazine rings is 1. The maximum absolute atomic E-state index is 10.6. The van der Waals surface area contributed by atoms with Gasteiger partial charge >= 0.3 is 24.3 Å². The molecule has 0 aliphatic carbocycles. The minimum absolute atomic E-state index is 0.719. The first-order chi connectivity index (χ1) is 15.1. The van der Waals surface area contributed by atoms with E-state index in [2.05, 4.69) is 47.8 Å². The van der Waals surface area contributed by atoms with Crippen LogP contribution in [0.3, 0.4) is 0 Å². The van der Waals surface area contributed by atoms with Gasteiger partial charge in [0.1, 0.15) is 0 Å². The molecule has 7 nitrogen and oxygen atoms in total. The van der Waals surface area contributed by atoms with Crippen molar-refractivity contribution in [1.82, 2.24) is 14.8 Å². The predicted molar refractivity (Wildman–Crippen MR) is 108 cm³/mol. The Morgan fingerprint density at radius 1 is 1.03 bits per heavy atom. The van der Waals surface area contributed by atoms with Crippen molar-refractivity contribution >= 4 is 11.9 Å². The Bertz CT molecular complexity index is 690. The summed E-state index contributed by atoms with van der Waals surface area (Å²) in [6.07, 6.45) is -3.97. The first kappa shape index (κ1) is 30.6. The maximum Gasteiger partial charge on any atom is 0.490 e. The molecule has 190 valence electrons. The number of hydrogen-bond donors (Lipinski definition) is 2. The lowest BCUT2D eigenvalue weighted by atomic mass is 9.99. The molecule has 0 saturated carbocycles. The number of aliphatic carboxylic acids is 2. The van der Waals surface area contributed by atoms with Gasteiger partial charge in [0.25, 0.3) is 0 Å². The Labute approximate surface area is 188 Å². The van der Waals surface area contributed by atoms with Gasteiger partial charge < -0.3 is 15.1 Å². The number of nitrogens with zero attached hydrogens (tertiary/aromatic N) is 3. The van der Waals surface area contributed by atoms with Crippen LogP contribution in [0.2, 0.25) is 0 Å². The summed E-state index contributed by atoms with van der Waals surface area (Å²) < 4.78 is 63.5. The maximum atomic E-state index is 10.6. The van der Waals surface area contributed by atoms with Crippen molar-refractivity contribution in [3.63, 3.8) is 0 Å². The van der Waals surface area contributed by atoms with Crippen LogP contribution in [0.1, 0.15) is 25.8 Å². The minimum atomic E-state index is -5.08. The van der Waals surface area contributed by atoms with Crippen LogP contribution >= 0.6 is 0 Å². The quantitative estimate of drug-likeness (QED) is 0.611. The molecule has 2 heterocycles. The highest BCUT2D eigenvalue weighted by molar-refractivity contribution is 5.73. The number of rotatable bonds is 5. The van der Waals surface area contributed by atoms with Crippen LogP contribution in [-0.4, -0.2) is 88.6 Å². The van der Waals surface area contributed by atoms with Gasteiger partial charge in [0, 0.05) is 38.1 Å². The van der Waals surface area contributed by atoms with Crippen LogP contribution < -0.4 is 0 Å². The van der Waals surface area contributed by atoms with Gasteiger partial charge in [-0.05, 0) is 50.0 Å². The van der Waals surface area contributed by atoms with E-state index in [1.807, 2.05) is 12.4 Å². The van der Waals surface area contributed by atoms with Gasteiger partial charge in [0.05, 0.1) is 0 Å². The molecule has 1 aromatic heterocycles. The van der Waals surface area contributed by atoms with Crippen molar-refractivity contribution in [3.8, 4) is 0 Å². The fourth-order valence-electron chi connectivity index (χ4n) is 2.94. The molecular weight excluding hydrogens is 460 g/mol. The highest BCUT2D eigenvalue weighted by Gasteiger charge is 2.38. The summed E-state index contributed by atoms with van der Waals surface area (Å²) in [7, 11) is 2.24. The van der Waals surface area contributed by atoms with E-state index in [0.717, 1.165) is 12.0 Å². The Balaban J connectivity index is 0.000000605. The van der Waals surface area contributed by atoms with Gasteiger partial charge in [0.2, 0.25) is 0 Å². The van der Waals surface area contributed by atoms with Crippen molar-refractivity contribution in [2.45, 2.75) is 45.1 Å². The molecule has 1 atom stereocenters. The standard InChI is InChI=1S/C16H27N3.2C2HF3O2/c1-14(2)16-13-18(3)11-12-19(16)10-4-5-15-6-8-17-9-7-15;2*3-2(4,5)1(6)7/h6-9,14,16H,4-5,10-13H2,1-3H3;2*(H,6,7)/t16-;;/m1../s1. The summed E-state index contributed by atoms with van der Waals surface area (Å²) in [6.45, 7) is 9.56. The number of carboxylic acids is 2. The largest absolute Gasteiger partial charge is 0.490 e. The number of alkyl halides is 6. The van der Waals surface area contributed by atoms with Gasteiger partial charge in [-0.25, -0.2) is 9.59 Å². The number of halogens is 6. The molecule has 2 rings (SSSR count). The van der Waals surface area contributed by atoms with Crippen LogP contribution in [0.15, 0.2) is 24.5 Å². The van der Waals surface area contributed by atoms with E-state index in [0.29, 0.717) is 0 Å². The average molecular weight is 489 g/mol. The van der Waals surface area contributed by atoms with Crippen molar-refractivity contribution in [3.05, 3.63) is 30.1 Å². The van der Waals surface area contributed by atoms with Gasteiger partial charge in [-0.3, -0.25) is 9.88 Å². The fourth-order valence-corrected chi connectivity index (χ4v) is 2.94. The first-order valence-corrected chi connectivity index (χ1v) is 9.97. The monoisotopic (exact) mass is 489 g/mol. The number of carbonyl (C=O) groups is 2. The molecule has 13 heteroatoms. The molecule has 0 radical (unpaired) electrons. The second-order valence-electron chi connectivity index (χ2n) is 7.67. The van der Waals surface area contributed by atoms with E-state index < -0.39 is 24.3 Å². The number of carboxylic acid groups (broad SMARTS) is 2. The van der Waals surface area contributed by atoms with Crippen LogP contribution in [0, 0.1) is 5.92 Å². The molecule has 0 aromatic carbocycles. The summed E-state index contributed by atoms with van der Waals surface area (Å²) in [6, 6.07) is 4.98. The van der Waals surface area contributed by atoms with E-state index in [4.69, 9.17) is 19.8 Å². The van der Waals surface area contributed by atoms with Gasteiger partial charge in [0.15, 0.2) is 0 Å². The normalized spacial score (nSPS) is 17.5. The van der Waals surface area contributed by atoms with E-state index in [-0.39, 0.29) is 0 Å². The molecule has 1 aliphatic rings. The molecule has 0 bridgehead atoms. The lowest BCUT2D eigenvalue weighted by Gasteiger charge is -2.42. The Kier molecular flexibility index (Phi) is 13.0. The third-order valence-electron chi connectivity index (χ3n) is 4.65. The van der Waals surface area contributed by atoms with E-state index in [1.54, 1.807) is 0 Å². The van der Waals surface area contributed by atoms with E-state index in [9.17, 15) is 26.3 Å². The molecule has 0 spiro atoms. The molecule has 0 amide bonds. The summed E-state index contributed by atoms with van der Waals surface area (Å²) in [5, 5.41) is 14.2. The highest BCUT2D eigenvalue weighted by Crippen LogP contribution is 2.17. The van der Waals surface area contributed by atoms with Crippen molar-refractivity contribution in [1.29, 1.82) is 0 Å². The molecule has 0 unspecified atom stereocenters. The SMILES string of the molecule is CC(C)[C@H]1CN(C)CCN1CCCc1ccncc1.O=C(O)C(F)(F)F.O=C(O)C(F)(F)F. The Hall–Kier alpha value is -2.41. The zero-order valence-corrected chi connectivity index (χ0v) is 18.5. The molecule has 2 N–H and O–H groups in total. The topological polar surface area (TPSA) is 94.0 Å². The fraction of sp³-hybridized carbons (Fsp3) is 0.650. The molecule has 1 aliphatic heterocycles. The molecule has 1 aromatic rings. The lowest BCUT2D eigenvalue weighted by Crippen LogP contribution is -2.54. The van der Waals surface area contributed by atoms with Gasteiger partial charge in [-0.2, -0.15) is 26.3 Å². The van der Waals surface area contributed by atoms with Crippen LogP contribution in [0.5, 0.6) is 0 Å².